The summed E-state index contributed by atoms with van der Waals surface area (Å²) in [6, 6.07) is 11.1. The lowest BCUT2D eigenvalue weighted by Gasteiger charge is -2.38. The number of hydrogen-bond acceptors (Lipinski definition) is 3. The highest BCUT2D eigenvalue weighted by Gasteiger charge is 2.34. The number of fused-ring (bicyclic) bond motifs is 1. The van der Waals surface area contributed by atoms with E-state index in [4.69, 9.17) is 10.5 Å². The first-order valence-corrected chi connectivity index (χ1v) is 8.70. The van der Waals surface area contributed by atoms with E-state index in [9.17, 15) is 4.79 Å². The van der Waals surface area contributed by atoms with Crippen LogP contribution in [0.25, 0.3) is 0 Å². The summed E-state index contributed by atoms with van der Waals surface area (Å²) in [5, 5.41) is 3.14. The maximum Gasteiger partial charge on any atom is 0.252 e. The van der Waals surface area contributed by atoms with E-state index in [1.165, 1.54) is 0 Å². The number of amides is 1. The van der Waals surface area contributed by atoms with Crippen molar-refractivity contribution in [3.05, 3.63) is 57.6 Å². The van der Waals surface area contributed by atoms with Crippen molar-refractivity contribution in [1.29, 1.82) is 0 Å². The second-order valence-electron chi connectivity index (χ2n) is 6.85. The molecule has 0 spiro atoms. The van der Waals surface area contributed by atoms with Gasteiger partial charge in [-0.1, -0.05) is 15.9 Å². The van der Waals surface area contributed by atoms with E-state index in [0.29, 0.717) is 17.7 Å². The molecule has 1 unspecified atom stereocenters. The van der Waals surface area contributed by atoms with Gasteiger partial charge in [-0.3, -0.25) is 4.79 Å². The van der Waals surface area contributed by atoms with Crippen LogP contribution < -0.4 is 15.8 Å². The molecule has 0 aliphatic carbocycles. The molecule has 1 atom stereocenters. The van der Waals surface area contributed by atoms with Gasteiger partial charge < -0.3 is 15.8 Å². The van der Waals surface area contributed by atoms with Crippen LogP contribution in [0.2, 0.25) is 0 Å². The number of anilines is 1. The third kappa shape index (κ3) is 4.28. The SMILES string of the molecule is Cc1cc(Br)ccc1C(=O)NC1CC(C)(C)Oc2ccc(N)cc21.Cl. The summed E-state index contributed by atoms with van der Waals surface area (Å²) in [7, 11) is 0. The van der Waals surface area contributed by atoms with Crippen LogP contribution in [0.4, 0.5) is 5.69 Å². The van der Waals surface area contributed by atoms with Gasteiger partial charge in [0.15, 0.2) is 0 Å². The summed E-state index contributed by atoms with van der Waals surface area (Å²) in [6.07, 6.45) is 0.685. The molecule has 4 nitrogen and oxygen atoms in total. The fraction of sp³-hybridized carbons (Fsp3) is 0.316. The minimum Gasteiger partial charge on any atom is -0.487 e. The second kappa shape index (κ2) is 7.26. The number of carbonyl (C=O) groups is 1. The summed E-state index contributed by atoms with van der Waals surface area (Å²) >= 11 is 3.43. The fourth-order valence-electron chi connectivity index (χ4n) is 3.12. The Hall–Kier alpha value is -1.72. The molecule has 1 amide bonds. The summed E-state index contributed by atoms with van der Waals surface area (Å²) in [5.41, 5.74) is 8.77. The van der Waals surface area contributed by atoms with Gasteiger partial charge in [0.2, 0.25) is 0 Å². The van der Waals surface area contributed by atoms with Crippen molar-refractivity contribution in [1.82, 2.24) is 5.32 Å². The van der Waals surface area contributed by atoms with Crippen LogP contribution in [0.3, 0.4) is 0 Å². The lowest BCUT2D eigenvalue weighted by Crippen LogP contribution is -2.41. The van der Waals surface area contributed by atoms with E-state index in [1.54, 1.807) is 0 Å². The lowest BCUT2D eigenvalue weighted by atomic mass is 9.89. The number of hydrogen-bond donors (Lipinski definition) is 2. The molecule has 2 aromatic carbocycles. The van der Waals surface area contributed by atoms with Gasteiger partial charge in [0.1, 0.15) is 11.4 Å². The molecule has 0 bridgehead atoms. The summed E-state index contributed by atoms with van der Waals surface area (Å²) in [4.78, 5) is 12.8. The number of halogens is 2. The zero-order chi connectivity index (χ0) is 17.5. The van der Waals surface area contributed by atoms with E-state index in [0.717, 1.165) is 21.3 Å². The van der Waals surface area contributed by atoms with Gasteiger partial charge in [-0.2, -0.15) is 0 Å². The summed E-state index contributed by atoms with van der Waals surface area (Å²) in [5.74, 6) is 0.689. The Morgan fingerprint density at radius 2 is 2.00 bits per heavy atom. The fourth-order valence-corrected chi connectivity index (χ4v) is 3.60. The Bertz CT molecular complexity index is 808. The highest BCUT2D eigenvalue weighted by atomic mass is 79.9. The number of rotatable bonds is 2. The van der Waals surface area contributed by atoms with Crippen LogP contribution in [0.1, 0.15) is 47.8 Å². The zero-order valence-corrected chi connectivity index (χ0v) is 16.8. The monoisotopic (exact) mass is 424 g/mol. The molecular formula is C19H22BrClN2O2. The van der Waals surface area contributed by atoms with Crippen molar-refractivity contribution >= 4 is 39.9 Å². The number of nitrogen functional groups attached to an aromatic ring is 1. The van der Waals surface area contributed by atoms with Gasteiger partial charge in [0, 0.05) is 27.7 Å². The average Bonchev–Trinajstić information content (AvgIpc) is 2.47. The van der Waals surface area contributed by atoms with E-state index >= 15 is 0 Å². The van der Waals surface area contributed by atoms with Crippen molar-refractivity contribution in [2.45, 2.75) is 38.8 Å². The van der Waals surface area contributed by atoms with Gasteiger partial charge >= 0.3 is 0 Å². The van der Waals surface area contributed by atoms with E-state index in [1.807, 2.05) is 57.2 Å². The molecule has 1 aliphatic heterocycles. The first-order chi connectivity index (χ1) is 11.2. The molecule has 0 radical (unpaired) electrons. The Morgan fingerprint density at radius 3 is 2.68 bits per heavy atom. The molecular weight excluding hydrogens is 404 g/mol. The van der Waals surface area contributed by atoms with Crippen LogP contribution in [-0.4, -0.2) is 11.5 Å². The molecule has 0 aromatic heterocycles. The molecule has 3 N–H and O–H groups in total. The Morgan fingerprint density at radius 1 is 1.28 bits per heavy atom. The van der Waals surface area contributed by atoms with E-state index in [2.05, 4.69) is 21.2 Å². The highest BCUT2D eigenvalue weighted by molar-refractivity contribution is 9.10. The number of nitrogens with one attached hydrogen (secondary N) is 1. The molecule has 0 fully saturated rings. The van der Waals surface area contributed by atoms with Crippen molar-refractivity contribution in [2.75, 3.05) is 5.73 Å². The Labute approximate surface area is 162 Å². The topological polar surface area (TPSA) is 64.3 Å². The lowest BCUT2D eigenvalue weighted by molar-refractivity contribution is 0.0620. The predicted octanol–water partition coefficient (Wildman–Crippen LogP) is 4.79. The summed E-state index contributed by atoms with van der Waals surface area (Å²) in [6.45, 7) is 5.98. The Kier molecular flexibility index (Phi) is 5.69. The Balaban J connectivity index is 0.00000225. The molecule has 2 aromatic rings. The maximum atomic E-state index is 12.8. The first kappa shape index (κ1) is 19.6. The number of carbonyl (C=O) groups excluding carboxylic acids is 1. The quantitative estimate of drug-likeness (QED) is 0.680. The van der Waals surface area contributed by atoms with Crippen LogP contribution in [0.5, 0.6) is 5.75 Å². The molecule has 1 heterocycles. The molecule has 3 rings (SSSR count). The van der Waals surface area contributed by atoms with E-state index in [-0.39, 0.29) is 30.0 Å². The minimum absolute atomic E-state index is 0. The second-order valence-corrected chi connectivity index (χ2v) is 7.76. The first-order valence-electron chi connectivity index (χ1n) is 7.91. The third-order valence-electron chi connectivity index (χ3n) is 4.23. The van der Waals surface area contributed by atoms with Crippen molar-refractivity contribution < 1.29 is 9.53 Å². The van der Waals surface area contributed by atoms with Crippen LogP contribution in [0.15, 0.2) is 40.9 Å². The number of nitrogens with two attached hydrogens (primary N) is 1. The van der Waals surface area contributed by atoms with Crippen molar-refractivity contribution in [2.24, 2.45) is 0 Å². The zero-order valence-electron chi connectivity index (χ0n) is 14.4. The van der Waals surface area contributed by atoms with Gasteiger partial charge in [-0.15, -0.1) is 12.4 Å². The normalized spacial score (nSPS) is 17.7. The molecule has 1 aliphatic rings. The van der Waals surface area contributed by atoms with Crippen molar-refractivity contribution in [3.63, 3.8) is 0 Å². The van der Waals surface area contributed by atoms with Gasteiger partial charge in [-0.05, 0) is 62.7 Å². The maximum absolute atomic E-state index is 12.8. The van der Waals surface area contributed by atoms with E-state index < -0.39 is 0 Å². The van der Waals surface area contributed by atoms with Crippen LogP contribution in [-0.2, 0) is 0 Å². The van der Waals surface area contributed by atoms with Crippen LogP contribution in [0, 0.1) is 6.92 Å². The minimum atomic E-state index is -0.351. The van der Waals surface area contributed by atoms with Gasteiger partial charge in [0.05, 0.1) is 6.04 Å². The summed E-state index contributed by atoms with van der Waals surface area (Å²) < 4.78 is 6.98. The smallest absolute Gasteiger partial charge is 0.252 e. The molecule has 0 saturated carbocycles. The average molecular weight is 426 g/mol. The van der Waals surface area contributed by atoms with Crippen molar-refractivity contribution in [3.8, 4) is 5.75 Å². The number of benzene rings is 2. The third-order valence-corrected chi connectivity index (χ3v) is 4.72. The molecule has 0 saturated heterocycles. The van der Waals surface area contributed by atoms with Gasteiger partial charge in [0.25, 0.3) is 5.91 Å². The largest absolute Gasteiger partial charge is 0.487 e. The molecule has 25 heavy (non-hydrogen) atoms. The van der Waals surface area contributed by atoms with Gasteiger partial charge in [-0.25, -0.2) is 0 Å². The number of ether oxygens (including phenoxy) is 1. The predicted molar refractivity (Wildman–Crippen MR) is 107 cm³/mol. The standard InChI is InChI=1S/C19H21BrN2O2.ClH/c1-11-8-12(20)4-6-14(11)18(23)22-16-10-19(2,3)24-17-7-5-13(21)9-15(16)17;/h4-9,16H,10,21H2,1-3H3,(H,22,23);1H. The highest BCUT2D eigenvalue weighted by Crippen LogP contribution is 2.40. The number of aryl methyl sites for hydroxylation is 1. The molecule has 6 heteroatoms. The van der Waals surface area contributed by atoms with Crippen LogP contribution >= 0.6 is 28.3 Å². The molecule has 134 valence electrons.